The van der Waals surface area contributed by atoms with Gasteiger partial charge < -0.3 is 25.1 Å². The van der Waals surface area contributed by atoms with Crippen LogP contribution in [-0.2, 0) is 0 Å². The Labute approximate surface area is 159 Å². The number of allylic oxidation sites excluding steroid dienone is 1. The molecule has 1 aromatic heterocycles. The van der Waals surface area contributed by atoms with E-state index in [0.29, 0.717) is 28.3 Å². The number of rotatable bonds is 2. The first-order valence-electron chi connectivity index (χ1n) is 8.50. The first-order valence-corrected chi connectivity index (χ1v) is 8.50. The van der Waals surface area contributed by atoms with Crippen LogP contribution in [0.2, 0.25) is 0 Å². The third-order valence-electron chi connectivity index (χ3n) is 4.80. The molecule has 5 rings (SSSR count). The van der Waals surface area contributed by atoms with Crippen LogP contribution in [-0.4, -0.2) is 22.1 Å². The highest BCUT2D eigenvalue weighted by atomic mass is 16.7. The quantitative estimate of drug-likeness (QED) is 0.629. The molecule has 1 atom stereocenters. The van der Waals surface area contributed by atoms with Crippen molar-refractivity contribution in [2.45, 2.75) is 5.92 Å². The van der Waals surface area contributed by atoms with Crippen LogP contribution in [0.15, 0.2) is 53.9 Å². The minimum absolute atomic E-state index is 0.00733. The fraction of sp³-hybridized carbons (Fsp3) is 0.100. The van der Waals surface area contributed by atoms with Gasteiger partial charge >= 0.3 is 0 Å². The Morgan fingerprint density at radius 3 is 2.86 bits per heavy atom. The average Bonchev–Trinajstić information content (AvgIpc) is 3.32. The molecule has 8 nitrogen and oxygen atoms in total. The van der Waals surface area contributed by atoms with E-state index in [1.54, 1.807) is 18.2 Å². The van der Waals surface area contributed by atoms with Gasteiger partial charge in [-0.05, 0) is 35.9 Å². The summed E-state index contributed by atoms with van der Waals surface area (Å²) < 4.78 is 16.4. The van der Waals surface area contributed by atoms with E-state index < -0.39 is 5.92 Å². The Kier molecular flexibility index (Phi) is 3.42. The molecule has 0 spiro atoms. The second-order valence-corrected chi connectivity index (χ2v) is 6.41. The number of nitrogens with two attached hydrogens (primary N) is 1. The van der Waals surface area contributed by atoms with E-state index in [2.05, 4.69) is 16.3 Å². The van der Waals surface area contributed by atoms with Crippen molar-refractivity contribution in [3.05, 3.63) is 65.0 Å². The standard InChI is InChI=1S/C20H14N4O4/c21-8-13-16(10-2-1-3-12(25)6-10)17-18(23-24-20(17)28-19(13)22)11-4-5-14-15(7-11)27-9-26-14/h1-7,16,25H,9,22H2,(H,23,24)/t16-/m0/s1. The van der Waals surface area contributed by atoms with Crippen molar-refractivity contribution < 1.29 is 19.3 Å². The average molecular weight is 374 g/mol. The summed E-state index contributed by atoms with van der Waals surface area (Å²) in [5, 5.41) is 26.9. The van der Waals surface area contributed by atoms with Gasteiger partial charge in [0, 0.05) is 5.56 Å². The van der Waals surface area contributed by atoms with Crippen LogP contribution in [0, 0.1) is 11.3 Å². The van der Waals surface area contributed by atoms with Gasteiger partial charge in [-0.3, -0.25) is 5.10 Å². The summed E-state index contributed by atoms with van der Waals surface area (Å²) in [7, 11) is 0. The monoisotopic (exact) mass is 374 g/mol. The molecule has 0 aliphatic carbocycles. The Morgan fingerprint density at radius 1 is 1.18 bits per heavy atom. The highest BCUT2D eigenvalue weighted by Crippen LogP contribution is 2.47. The fourth-order valence-corrected chi connectivity index (χ4v) is 3.55. The lowest BCUT2D eigenvalue weighted by atomic mass is 9.83. The number of phenolic OH excluding ortho intramolecular Hbond substituents is 1. The first kappa shape index (κ1) is 16.1. The van der Waals surface area contributed by atoms with E-state index in [0.717, 1.165) is 5.56 Å². The molecule has 0 bridgehead atoms. The molecule has 0 unspecified atom stereocenters. The number of fused-ring (bicyclic) bond motifs is 2. The Bertz CT molecular complexity index is 1180. The number of H-pyrrole nitrogens is 1. The maximum atomic E-state index is 9.94. The molecule has 28 heavy (non-hydrogen) atoms. The zero-order chi connectivity index (χ0) is 19.3. The fourth-order valence-electron chi connectivity index (χ4n) is 3.55. The van der Waals surface area contributed by atoms with Gasteiger partial charge in [0.25, 0.3) is 0 Å². The summed E-state index contributed by atoms with van der Waals surface area (Å²) in [6.07, 6.45) is 0. The lowest BCUT2D eigenvalue weighted by molar-refractivity contribution is 0.174. The Balaban J connectivity index is 1.71. The van der Waals surface area contributed by atoms with Gasteiger partial charge in [-0.15, -0.1) is 5.10 Å². The van der Waals surface area contributed by atoms with Crippen LogP contribution in [0.5, 0.6) is 23.1 Å². The van der Waals surface area contributed by atoms with Crippen LogP contribution in [0.1, 0.15) is 17.0 Å². The number of aromatic hydroxyl groups is 1. The van der Waals surface area contributed by atoms with Crippen molar-refractivity contribution in [1.29, 1.82) is 5.26 Å². The van der Waals surface area contributed by atoms with Gasteiger partial charge in [0.05, 0.1) is 17.2 Å². The number of phenols is 1. The number of hydrogen-bond acceptors (Lipinski definition) is 7. The number of nitrogens with one attached hydrogen (secondary N) is 1. The van der Waals surface area contributed by atoms with E-state index in [1.165, 1.54) is 0 Å². The van der Waals surface area contributed by atoms with Crippen molar-refractivity contribution in [3.63, 3.8) is 0 Å². The lowest BCUT2D eigenvalue weighted by Crippen LogP contribution is -2.20. The summed E-state index contributed by atoms with van der Waals surface area (Å²) in [5.74, 6) is 1.13. The molecule has 3 heterocycles. The van der Waals surface area contributed by atoms with E-state index in [-0.39, 0.29) is 29.9 Å². The molecule has 3 aromatic rings. The molecule has 2 aliphatic heterocycles. The number of aromatic nitrogens is 2. The predicted molar refractivity (Wildman–Crippen MR) is 97.6 cm³/mol. The molecule has 2 aromatic carbocycles. The van der Waals surface area contributed by atoms with Gasteiger partial charge in [0.15, 0.2) is 11.5 Å². The largest absolute Gasteiger partial charge is 0.508 e. The maximum absolute atomic E-state index is 9.94. The van der Waals surface area contributed by atoms with Gasteiger partial charge in [-0.1, -0.05) is 12.1 Å². The third kappa shape index (κ3) is 2.34. The molecule has 138 valence electrons. The molecular weight excluding hydrogens is 360 g/mol. The SMILES string of the molecule is N#CC1=C(N)Oc2n[nH]c(-c3ccc4c(c3)OCO4)c2[C@H]1c1cccc(O)c1. The van der Waals surface area contributed by atoms with E-state index in [9.17, 15) is 10.4 Å². The number of nitriles is 1. The van der Waals surface area contributed by atoms with Crippen molar-refractivity contribution in [3.8, 4) is 40.5 Å². The number of hydrogen-bond donors (Lipinski definition) is 3. The van der Waals surface area contributed by atoms with E-state index >= 15 is 0 Å². The van der Waals surface area contributed by atoms with Crippen LogP contribution in [0.4, 0.5) is 0 Å². The van der Waals surface area contributed by atoms with E-state index in [1.807, 2.05) is 24.3 Å². The van der Waals surface area contributed by atoms with Crippen LogP contribution in [0.3, 0.4) is 0 Å². The minimum Gasteiger partial charge on any atom is -0.508 e. The lowest BCUT2D eigenvalue weighted by Gasteiger charge is -2.24. The molecule has 2 aliphatic rings. The van der Waals surface area contributed by atoms with Crippen molar-refractivity contribution in [2.75, 3.05) is 6.79 Å². The molecule has 0 radical (unpaired) electrons. The van der Waals surface area contributed by atoms with E-state index in [4.69, 9.17) is 19.9 Å². The number of ether oxygens (including phenoxy) is 3. The number of benzene rings is 2. The maximum Gasteiger partial charge on any atom is 0.244 e. The zero-order valence-electron chi connectivity index (χ0n) is 14.5. The van der Waals surface area contributed by atoms with Crippen LogP contribution < -0.4 is 19.9 Å². The summed E-state index contributed by atoms with van der Waals surface area (Å²) in [6.45, 7) is 0.173. The molecule has 0 saturated heterocycles. The van der Waals surface area contributed by atoms with Gasteiger partial charge in [-0.2, -0.15) is 5.26 Å². The Morgan fingerprint density at radius 2 is 2.04 bits per heavy atom. The zero-order valence-corrected chi connectivity index (χ0v) is 14.5. The van der Waals surface area contributed by atoms with Crippen LogP contribution in [0.25, 0.3) is 11.3 Å². The van der Waals surface area contributed by atoms with Crippen molar-refractivity contribution in [1.82, 2.24) is 10.2 Å². The van der Waals surface area contributed by atoms with Crippen molar-refractivity contribution >= 4 is 0 Å². The summed E-state index contributed by atoms with van der Waals surface area (Å²) >= 11 is 0. The molecule has 0 saturated carbocycles. The normalized spacial score (nSPS) is 17.0. The summed E-state index contributed by atoms with van der Waals surface area (Å²) in [5.41, 5.74) is 9.05. The summed E-state index contributed by atoms with van der Waals surface area (Å²) in [4.78, 5) is 0. The molecule has 0 amide bonds. The molecular formula is C20H14N4O4. The second-order valence-electron chi connectivity index (χ2n) is 6.41. The van der Waals surface area contributed by atoms with Gasteiger partial charge in [0.1, 0.15) is 17.4 Å². The smallest absolute Gasteiger partial charge is 0.244 e. The summed E-state index contributed by atoms with van der Waals surface area (Å²) in [6, 6.07) is 14.4. The van der Waals surface area contributed by atoms with Crippen LogP contribution >= 0.6 is 0 Å². The van der Waals surface area contributed by atoms with Gasteiger partial charge in [-0.25, -0.2) is 0 Å². The first-order chi connectivity index (χ1) is 13.7. The number of nitrogens with zero attached hydrogens (tertiary/aromatic N) is 2. The minimum atomic E-state index is -0.542. The molecule has 4 N–H and O–H groups in total. The highest BCUT2D eigenvalue weighted by Gasteiger charge is 2.36. The predicted octanol–water partition coefficient (Wildman–Crippen LogP) is 2.73. The second kappa shape index (κ2) is 5.96. The Hall–Kier alpha value is -4.12. The molecule has 0 fully saturated rings. The third-order valence-corrected chi connectivity index (χ3v) is 4.80. The van der Waals surface area contributed by atoms with Gasteiger partial charge in [0.2, 0.25) is 18.6 Å². The number of aromatic amines is 1. The topological polar surface area (TPSA) is 126 Å². The molecule has 8 heteroatoms. The highest BCUT2D eigenvalue weighted by molar-refractivity contribution is 5.73. The van der Waals surface area contributed by atoms with Crippen molar-refractivity contribution in [2.24, 2.45) is 5.73 Å².